The van der Waals surface area contributed by atoms with Gasteiger partial charge in [-0.15, -0.1) is 0 Å². The van der Waals surface area contributed by atoms with Crippen molar-refractivity contribution in [1.82, 2.24) is 15.0 Å². The van der Waals surface area contributed by atoms with Crippen molar-refractivity contribution >= 4 is 27.5 Å². The van der Waals surface area contributed by atoms with Crippen molar-refractivity contribution in [3.05, 3.63) is 94.5 Å². The molecule has 1 aliphatic rings. The van der Waals surface area contributed by atoms with Gasteiger partial charge >= 0.3 is 0 Å². The van der Waals surface area contributed by atoms with Crippen molar-refractivity contribution in [1.29, 1.82) is 0 Å². The van der Waals surface area contributed by atoms with E-state index >= 15 is 0 Å². The van der Waals surface area contributed by atoms with Gasteiger partial charge in [0, 0.05) is 35.0 Å². The minimum Gasteiger partial charge on any atom is -0.267 e. The molecule has 0 fully saturated rings. The minimum atomic E-state index is -0.176. The third-order valence-electron chi connectivity index (χ3n) is 4.24. The number of aromatic nitrogens is 2. The number of pyridine rings is 2. The summed E-state index contributed by atoms with van der Waals surface area (Å²) in [4.78, 5) is 21.4. The van der Waals surface area contributed by atoms with Crippen LogP contribution in [0.25, 0.3) is 0 Å². The van der Waals surface area contributed by atoms with Crippen LogP contribution in [-0.2, 0) is 0 Å². The average Bonchev–Trinajstić information content (AvgIpc) is 3.14. The number of carbonyl (C=O) groups excluding carboxylic acids is 1. The molecule has 2 aromatic heterocycles. The second-order valence-electron chi connectivity index (χ2n) is 5.92. The second-order valence-corrected chi connectivity index (χ2v) is 6.84. The molecule has 6 heteroatoms. The highest BCUT2D eigenvalue weighted by Crippen LogP contribution is 2.34. The Labute approximate surface area is 159 Å². The van der Waals surface area contributed by atoms with Crippen LogP contribution in [0.3, 0.4) is 0 Å². The molecule has 0 N–H and O–H groups in total. The molecule has 4 rings (SSSR count). The summed E-state index contributed by atoms with van der Waals surface area (Å²) >= 11 is 3.51. The maximum atomic E-state index is 13.1. The lowest BCUT2D eigenvalue weighted by atomic mass is 10.00. The first-order chi connectivity index (χ1) is 12.7. The van der Waals surface area contributed by atoms with Crippen LogP contribution in [0, 0.1) is 0 Å². The smallest absolute Gasteiger partial charge is 0.267 e. The zero-order chi connectivity index (χ0) is 17.9. The first kappa shape index (κ1) is 16.6. The number of amides is 1. The van der Waals surface area contributed by atoms with E-state index in [2.05, 4.69) is 31.0 Å². The number of rotatable bonds is 3. The van der Waals surface area contributed by atoms with Crippen LogP contribution >= 0.6 is 15.9 Å². The Hall–Kier alpha value is -2.86. The van der Waals surface area contributed by atoms with Gasteiger partial charge in [-0.3, -0.25) is 14.8 Å². The van der Waals surface area contributed by atoms with E-state index in [1.807, 2.05) is 42.5 Å². The minimum absolute atomic E-state index is 0.150. The molecule has 0 aliphatic carbocycles. The molecule has 0 saturated carbocycles. The fraction of sp³-hybridized carbons (Fsp3) is 0.100. The van der Waals surface area contributed by atoms with E-state index in [1.54, 1.807) is 35.7 Å². The number of carbonyl (C=O) groups is 1. The van der Waals surface area contributed by atoms with Crippen molar-refractivity contribution in [2.45, 2.75) is 12.5 Å². The first-order valence-corrected chi connectivity index (χ1v) is 8.99. The molecule has 1 amide bonds. The summed E-state index contributed by atoms with van der Waals surface area (Å²) in [5.41, 5.74) is 3.18. The highest BCUT2D eigenvalue weighted by Gasteiger charge is 2.34. The van der Waals surface area contributed by atoms with E-state index in [9.17, 15) is 4.79 Å². The van der Waals surface area contributed by atoms with E-state index in [0.717, 1.165) is 21.4 Å². The monoisotopic (exact) mass is 406 g/mol. The fourth-order valence-electron chi connectivity index (χ4n) is 2.99. The molecule has 1 atom stereocenters. The average molecular weight is 407 g/mol. The summed E-state index contributed by atoms with van der Waals surface area (Å²) in [7, 11) is 0. The molecule has 3 aromatic rings. The van der Waals surface area contributed by atoms with Gasteiger partial charge in [0.15, 0.2) is 0 Å². The maximum Gasteiger partial charge on any atom is 0.274 e. The second kappa shape index (κ2) is 7.17. The topological polar surface area (TPSA) is 58.5 Å². The molecule has 0 radical (unpaired) electrons. The summed E-state index contributed by atoms with van der Waals surface area (Å²) in [5.74, 6) is -0.150. The number of hydrogen-bond donors (Lipinski definition) is 0. The van der Waals surface area contributed by atoms with Crippen molar-refractivity contribution < 1.29 is 4.79 Å². The lowest BCUT2D eigenvalue weighted by Gasteiger charge is -2.22. The van der Waals surface area contributed by atoms with Gasteiger partial charge in [-0.05, 0) is 42.0 Å². The Balaban J connectivity index is 1.74. The van der Waals surface area contributed by atoms with Gasteiger partial charge in [-0.1, -0.05) is 34.1 Å². The quantitative estimate of drug-likeness (QED) is 0.653. The lowest BCUT2D eigenvalue weighted by Crippen LogP contribution is -2.27. The molecule has 5 nitrogen and oxygen atoms in total. The van der Waals surface area contributed by atoms with Gasteiger partial charge in [-0.2, -0.15) is 5.10 Å². The summed E-state index contributed by atoms with van der Waals surface area (Å²) < 4.78 is 0.970. The zero-order valence-electron chi connectivity index (χ0n) is 13.8. The number of hydrazone groups is 1. The standard InChI is InChI=1S/C20H15BrN4O/c21-16-5-3-4-15(12-16)19-13-18(17-6-1-2-9-23-17)24-25(19)20(26)14-7-10-22-11-8-14/h1-12,19H,13H2. The predicted molar refractivity (Wildman–Crippen MR) is 103 cm³/mol. The summed E-state index contributed by atoms with van der Waals surface area (Å²) in [6, 6.07) is 16.9. The van der Waals surface area contributed by atoms with Crippen molar-refractivity contribution in [3.63, 3.8) is 0 Å². The maximum absolute atomic E-state index is 13.1. The fourth-order valence-corrected chi connectivity index (χ4v) is 3.40. The van der Waals surface area contributed by atoms with Crippen LogP contribution in [0.15, 0.2) is 82.8 Å². The van der Waals surface area contributed by atoms with Crippen LogP contribution < -0.4 is 0 Å². The molecule has 128 valence electrons. The Morgan fingerprint density at radius 1 is 1.04 bits per heavy atom. The lowest BCUT2D eigenvalue weighted by molar-refractivity contribution is 0.0711. The zero-order valence-corrected chi connectivity index (χ0v) is 15.4. The molecule has 0 saturated heterocycles. The van der Waals surface area contributed by atoms with Gasteiger partial charge in [0.05, 0.1) is 17.4 Å². The third-order valence-corrected chi connectivity index (χ3v) is 4.73. The normalized spacial score (nSPS) is 16.4. The summed E-state index contributed by atoms with van der Waals surface area (Å²) in [5, 5.41) is 6.18. The van der Waals surface area contributed by atoms with Crippen LogP contribution in [0.2, 0.25) is 0 Å². The molecule has 1 unspecified atom stereocenters. The third kappa shape index (κ3) is 3.28. The van der Waals surface area contributed by atoms with Gasteiger partial charge in [0.1, 0.15) is 0 Å². The molecule has 0 spiro atoms. The number of hydrogen-bond acceptors (Lipinski definition) is 4. The van der Waals surface area contributed by atoms with Crippen LogP contribution in [0.1, 0.15) is 34.1 Å². The molecule has 0 bridgehead atoms. The summed E-state index contributed by atoms with van der Waals surface area (Å²) in [6.45, 7) is 0. The van der Waals surface area contributed by atoms with Gasteiger partial charge in [0.25, 0.3) is 5.91 Å². The van der Waals surface area contributed by atoms with Crippen LogP contribution in [0.5, 0.6) is 0 Å². The Kier molecular flexibility index (Phi) is 4.58. The van der Waals surface area contributed by atoms with E-state index in [1.165, 1.54) is 0 Å². The van der Waals surface area contributed by atoms with E-state index < -0.39 is 0 Å². The van der Waals surface area contributed by atoms with Crippen LogP contribution in [-0.4, -0.2) is 26.6 Å². The van der Waals surface area contributed by atoms with Crippen molar-refractivity contribution in [2.75, 3.05) is 0 Å². The number of halogens is 1. The SMILES string of the molecule is O=C(c1ccncc1)N1N=C(c2ccccn2)CC1c1cccc(Br)c1. The Morgan fingerprint density at radius 2 is 1.88 bits per heavy atom. The van der Waals surface area contributed by atoms with E-state index in [-0.39, 0.29) is 11.9 Å². The van der Waals surface area contributed by atoms with E-state index in [0.29, 0.717) is 12.0 Å². The van der Waals surface area contributed by atoms with Crippen LogP contribution in [0.4, 0.5) is 0 Å². The highest BCUT2D eigenvalue weighted by molar-refractivity contribution is 9.10. The predicted octanol–water partition coefficient (Wildman–Crippen LogP) is 4.23. The number of nitrogens with zero attached hydrogens (tertiary/aromatic N) is 4. The van der Waals surface area contributed by atoms with Gasteiger partial charge < -0.3 is 0 Å². The van der Waals surface area contributed by atoms with Crippen molar-refractivity contribution in [2.24, 2.45) is 5.10 Å². The summed E-state index contributed by atoms with van der Waals surface area (Å²) in [6.07, 6.45) is 5.57. The highest BCUT2D eigenvalue weighted by atomic mass is 79.9. The Bertz CT molecular complexity index is 960. The molecule has 1 aromatic carbocycles. The Morgan fingerprint density at radius 3 is 2.62 bits per heavy atom. The first-order valence-electron chi connectivity index (χ1n) is 8.20. The van der Waals surface area contributed by atoms with Gasteiger partial charge in [-0.25, -0.2) is 5.01 Å². The van der Waals surface area contributed by atoms with Gasteiger partial charge in [0.2, 0.25) is 0 Å². The number of benzene rings is 1. The van der Waals surface area contributed by atoms with E-state index in [4.69, 9.17) is 0 Å². The van der Waals surface area contributed by atoms with Crippen molar-refractivity contribution in [3.8, 4) is 0 Å². The molecular formula is C20H15BrN4O. The molecular weight excluding hydrogens is 392 g/mol. The molecule has 1 aliphatic heterocycles. The largest absolute Gasteiger partial charge is 0.274 e. The molecule has 3 heterocycles. The molecule has 26 heavy (non-hydrogen) atoms.